The Kier molecular flexibility index (Phi) is 4.83. The van der Waals surface area contributed by atoms with E-state index in [-0.39, 0.29) is 24.4 Å². The summed E-state index contributed by atoms with van der Waals surface area (Å²) in [6.45, 7) is 8.70. The number of carbonyl (C=O) groups is 3. The highest BCUT2D eigenvalue weighted by Gasteiger charge is 2.33. The largest absolute Gasteiger partial charge is 0.451 e. The van der Waals surface area contributed by atoms with Crippen LogP contribution in [0.4, 0.5) is 0 Å². The summed E-state index contributed by atoms with van der Waals surface area (Å²) in [5, 5.41) is 2.66. The Morgan fingerprint density at radius 3 is 2.39 bits per heavy atom. The van der Waals surface area contributed by atoms with Crippen molar-refractivity contribution in [1.82, 2.24) is 10.2 Å². The second kappa shape index (κ2) is 6.64. The van der Waals surface area contributed by atoms with Gasteiger partial charge in [0.05, 0.1) is 0 Å². The molecule has 122 valence electrons. The summed E-state index contributed by atoms with van der Waals surface area (Å²) in [6.07, 6.45) is -0.918. The fourth-order valence-electron chi connectivity index (χ4n) is 2.32. The molecule has 0 aliphatic carbocycles. The smallest absolute Gasteiger partial charge is 0.326 e. The first kappa shape index (κ1) is 16.7. The van der Waals surface area contributed by atoms with Gasteiger partial charge in [0.2, 0.25) is 0 Å². The Bertz CT molecular complexity index is 631. The van der Waals surface area contributed by atoms with Crippen molar-refractivity contribution >= 4 is 23.5 Å². The molecule has 1 aliphatic rings. The molecule has 2 amide bonds. The third-order valence-corrected chi connectivity index (χ3v) is 3.43. The molecule has 1 aliphatic heterocycles. The van der Waals surface area contributed by atoms with Crippen molar-refractivity contribution in [1.29, 1.82) is 0 Å². The van der Waals surface area contributed by atoms with Crippen LogP contribution in [0.15, 0.2) is 30.8 Å². The lowest BCUT2D eigenvalue weighted by Crippen LogP contribution is -2.41. The number of rotatable bonds is 5. The average molecular weight is 316 g/mol. The molecule has 1 aromatic rings. The quantitative estimate of drug-likeness (QED) is 0.837. The Labute approximate surface area is 135 Å². The molecule has 0 saturated carbocycles. The zero-order chi connectivity index (χ0) is 17.1. The summed E-state index contributed by atoms with van der Waals surface area (Å²) in [5.41, 5.74) is 1.67. The maximum Gasteiger partial charge on any atom is 0.326 e. The normalized spacial score (nSPS) is 14.7. The molecule has 0 bridgehead atoms. The summed E-state index contributed by atoms with van der Waals surface area (Å²) >= 11 is 0. The van der Waals surface area contributed by atoms with E-state index in [0.717, 1.165) is 0 Å². The first-order valence-corrected chi connectivity index (χ1v) is 7.41. The number of fused-ring (bicyclic) bond motifs is 1. The Hall–Kier alpha value is -2.63. The molecule has 1 N–H and O–H groups in total. The van der Waals surface area contributed by atoms with Gasteiger partial charge >= 0.3 is 5.97 Å². The maximum absolute atomic E-state index is 12.3. The SMILES string of the molecule is C=C1c2ccccc2C(=O)N1CC(=O)OC(C)C(=O)NC(C)C. The van der Waals surface area contributed by atoms with Gasteiger partial charge in [-0.05, 0) is 26.8 Å². The van der Waals surface area contributed by atoms with Gasteiger partial charge in [0, 0.05) is 22.9 Å². The lowest BCUT2D eigenvalue weighted by Gasteiger charge is -2.19. The summed E-state index contributed by atoms with van der Waals surface area (Å²) in [5.74, 6) is -1.32. The van der Waals surface area contributed by atoms with Crippen LogP contribution >= 0.6 is 0 Å². The second-order valence-electron chi connectivity index (χ2n) is 5.68. The summed E-state index contributed by atoms with van der Waals surface area (Å²) < 4.78 is 5.08. The zero-order valence-corrected chi connectivity index (χ0v) is 13.5. The Balaban J connectivity index is 1.98. The van der Waals surface area contributed by atoms with E-state index in [1.165, 1.54) is 11.8 Å². The number of amides is 2. The molecule has 0 aromatic heterocycles. The molecule has 0 fully saturated rings. The standard InChI is InChI=1S/C17H20N2O4/c1-10(2)18-16(21)12(4)23-15(20)9-19-11(3)13-7-5-6-8-14(13)17(19)22/h5-8,10,12H,3,9H2,1-2,4H3,(H,18,21). The number of carbonyl (C=O) groups excluding carboxylic acids is 3. The average Bonchev–Trinajstić information content (AvgIpc) is 2.72. The molecule has 0 radical (unpaired) electrons. The van der Waals surface area contributed by atoms with Gasteiger partial charge in [0.1, 0.15) is 6.54 Å². The van der Waals surface area contributed by atoms with Crippen LogP contribution in [0.5, 0.6) is 0 Å². The lowest BCUT2D eigenvalue weighted by molar-refractivity contribution is -0.155. The van der Waals surface area contributed by atoms with Crippen LogP contribution < -0.4 is 5.32 Å². The maximum atomic E-state index is 12.3. The molecule has 6 heteroatoms. The van der Waals surface area contributed by atoms with Crippen molar-refractivity contribution in [3.8, 4) is 0 Å². The van der Waals surface area contributed by atoms with Gasteiger partial charge < -0.3 is 10.1 Å². The Morgan fingerprint density at radius 2 is 1.83 bits per heavy atom. The molecule has 0 saturated heterocycles. The molecule has 2 rings (SSSR count). The first-order valence-electron chi connectivity index (χ1n) is 7.41. The number of ether oxygens (including phenoxy) is 1. The highest BCUT2D eigenvalue weighted by atomic mass is 16.5. The van der Waals surface area contributed by atoms with Gasteiger partial charge in [-0.15, -0.1) is 0 Å². The topological polar surface area (TPSA) is 75.7 Å². The van der Waals surface area contributed by atoms with Crippen molar-refractivity contribution in [2.75, 3.05) is 6.54 Å². The highest BCUT2D eigenvalue weighted by Crippen LogP contribution is 2.30. The number of hydrogen-bond acceptors (Lipinski definition) is 4. The van der Waals surface area contributed by atoms with E-state index in [4.69, 9.17) is 4.74 Å². The third-order valence-electron chi connectivity index (χ3n) is 3.43. The monoisotopic (exact) mass is 316 g/mol. The molecule has 6 nitrogen and oxygen atoms in total. The molecular formula is C17H20N2O4. The van der Waals surface area contributed by atoms with Crippen molar-refractivity contribution < 1.29 is 19.1 Å². The number of hydrogen-bond donors (Lipinski definition) is 1. The van der Waals surface area contributed by atoms with E-state index in [9.17, 15) is 14.4 Å². The fourth-order valence-corrected chi connectivity index (χ4v) is 2.32. The van der Waals surface area contributed by atoms with Crippen molar-refractivity contribution in [2.45, 2.75) is 32.9 Å². The van der Waals surface area contributed by atoms with Crippen LogP contribution in [0, 0.1) is 0 Å². The minimum Gasteiger partial charge on any atom is -0.451 e. The van der Waals surface area contributed by atoms with Crippen LogP contribution in [-0.4, -0.2) is 41.4 Å². The van der Waals surface area contributed by atoms with Gasteiger partial charge in [-0.1, -0.05) is 24.8 Å². The number of nitrogens with one attached hydrogen (secondary N) is 1. The van der Waals surface area contributed by atoms with E-state index in [2.05, 4.69) is 11.9 Å². The Morgan fingerprint density at radius 1 is 1.22 bits per heavy atom. The summed E-state index contributed by atoms with van der Waals surface area (Å²) in [6, 6.07) is 6.98. The van der Waals surface area contributed by atoms with Crippen LogP contribution in [0.2, 0.25) is 0 Å². The zero-order valence-electron chi connectivity index (χ0n) is 13.5. The molecule has 23 heavy (non-hydrogen) atoms. The van der Waals surface area contributed by atoms with Crippen LogP contribution in [0.1, 0.15) is 36.7 Å². The predicted molar refractivity (Wildman–Crippen MR) is 85.3 cm³/mol. The summed E-state index contributed by atoms with van der Waals surface area (Å²) in [7, 11) is 0. The van der Waals surface area contributed by atoms with E-state index in [0.29, 0.717) is 16.8 Å². The lowest BCUT2D eigenvalue weighted by atomic mass is 10.1. The molecular weight excluding hydrogens is 296 g/mol. The molecule has 1 atom stereocenters. The van der Waals surface area contributed by atoms with E-state index >= 15 is 0 Å². The van der Waals surface area contributed by atoms with Crippen molar-refractivity contribution in [3.63, 3.8) is 0 Å². The first-order chi connectivity index (χ1) is 10.8. The number of esters is 1. The summed E-state index contributed by atoms with van der Waals surface area (Å²) in [4.78, 5) is 37.3. The molecule has 1 heterocycles. The molecule has 1 unspecified atom stereocenters. The van der Waals surface area contributed by atoms with Crippen molar-refractivity contribution in [2.24, 2.45) is 0 Å². The minimum absolute atomic E-state index is 0.0434. The minimum atomic E-state index is -0.918. The van der Waals surface area contributed by atoms with Gasteiger partial charge in [0.15, 0.2) is 6.10 Å². The van der Waals surface area contributed by atoms with Gasteiger partial charge in [-0.25, -0.2) is 0 Å². The van der Waals surface area contributed by atoms with Crippen LogP contribution in [-0.2, 0) is 14.3 Å². The third kappa shape index (κ3) is 3.59. The van der Waals surface area contributed by atoms with Crippen LogP contribution in [0.3, 0.4) is 0 Å². The van der Waals surface area contributed by atoms with E-state index in [1.54, 1.807) is 24.3 Å². The number of benzene rings is 1. The van der Waals surface area contributed by atoms with Gasteiger partial charge in [0.25, 0.3) is 11.8 Å². The number of nitrogens with zero attached hydrogens (tertiary/aromatic N) is 1. The predicted octanol–water partition coefficient (Wildman–Crippen LogP) is 1.57. The van der Waals surface area contributed by atoms with Gasteiger partial charge in [-0.2, -0.15) is 0 Å². The van der Waals surface area contributed by atoms with Crippen molar-refractivity contribution in [3.05, 3.63) is 42.0 Å². The van der Waals surface area contributed by atoms with Gasteiger partial charge in [-0.3, -0.25) is 19.3 Å². The van der Waals surface area contributed by atoms with E-state index in [1.807, 2.05) is 13.8 Å². The fraction of sp³-hybridized carbons (Fsp3) is 0.353. The molecule has 1 aromatic carbocycles. The highest BCUT2D eigenvalue weighted by molar-refractivity contribution is 6.10. The van der Waals surface area contributed by atoms with E-state index < -0.39 is 12.1 Å². The second-order valence-corrected chi connectivity index (χ2v) is 5.68. The molecule has 0 spiro atoms. The van der Waals surface area contributed by atoms with Crippen LogP contribution in [0.25, 0.3) is 5.70 Å².